The van der Waals surface area contributed by atoms with Crippen molar-refractivity contribution in [3.05, 3.63) is 11.5 Å². The number of rotatable bonds is 4. The Kier molecular flexibility index (Phi) is 4.89. The van der Waals surface area contributed by atoms with Crippen LogP contribution in [0.1, 0.15) is 13.8 Å². The molecule has 1 saturated heterocycles. The van der Waals surface area contributed by atoms with Gasteiger partial charge in [0.2, 0.25) is 9.70 Å². The van der Waals surface area contributed by atoms with Crippen LogP contribution in [0.2, 0.25) is 0 Å². The number of carboxylic acids is 1. The lowest BCUT2D eigenvalue weighted by Crippen LogP contribution is -2.63. The van der Waals surface area contributed by atoms with E-state index in [1.807, 2.05) is 0 Å². The van der Waals surface area contributed by atoms with E-state index >= 15 is 0 Å². The van der Waals surface area contributed by atoms with Gasteiger partial charge in [0.15, 0.2) is 11.9 Å². The van der Waals surface area contributed by atoms with Crippen molar-refractivity contribution in [1.82, 2.24) is 4.90 Å². The fraction of sp³-hybridized carbons (Fsp3) is 0.583. The molecule has 2 aliphatic heterocycles. The van der Waals surface area contributed by atoms with Gasteiger partial charge in [0.1, 0.15) is 24.4 Å². The Labute approximate surface area is 145 Å². The molecule has 2 rings (SSSR count). The largest absolute Gasteiger partial charge is 0.508 e. The summed E-state index contributed by atoms with van der Waals surface area (Å²) < 4.78 is 13.1. The Hall–Kier alpha value is -1.38. The number of carbonyl (C=O) groups excluding carboxylic acids is 2. The van der Waals surface area contributed by atoms with E-state index in [1.165, 1.54) is 13.8 Å². The molecule has 0 saturated carbocycles. The molecule has 128 valence electrons. The van der Waals surface area contributed by atoms with E-state index in [1.54, 1.807) is 0 Å². The third-order valence-electron chi connectivity index (χ3n) is 3.30. The molecule has 1 N–H and O–H groups in total. The van der Waals surface area contributed by atoms with E-state index in [0.717, 1.165) is 4.90 Å². The highest BCUT2D eigenvalue weighted by Crippen LogP contribution is 2.42. The number of carboxylic acid groups (broad SMARTS) is 1. The van der Waals surface area contributed by atoms with Gasteiger partial charge >= 0.3 is 12.1 Å². The first-order valence-corrected chi connectivity index (χ1v) is 7.50. The summed E-state index contributed by atoms with van der Waals surface area (Å²) in [5.41, 5.74) is -0.220. The van der Waals surface area contributed by atoms with Gasteiger partial charge in [-0.05, 0) is 13.8 Å². The molecule has 1 fully saturated rings. The van der Waals surface area contributed by atoms with Gasteiger partial charge in [-0.3, -0.25) is 9.69 Å². The second-order valence-corrected chi connectivity index (χ2v) is 7.45. The van der Waals surface area contributed by atoms with E-state index < -0.39 is 46.7 Å². The predicted octanol–water partition coefficient (Wildman–Crippen LogP) is 2.03. The Morgan fingerprint density at radius 1 is 1.43 bits per heavy atom. The van der Waals surface area contributed by atoms with Crippen molar-refractivity contribution >= 4 is 52.8 Å². The second kappa shape index (κ2) is 6.26. The number of ether oxygens (including phenoxy) is 3. The number of alkyl halides is 3. The third-order valence-corrected chi connectivity index (χ3v) is 3.63. The van der Waals surface area contributed by atoms with Crippen molar-refractivity contribution in [2.75, 3.05) is 6.61 Å². The molecule has 23 heavy (non-hydrogen) atoms. The zero-order valence-electron chi connectivity index (χ0n) is 11.9. The summed E-state index contributed by atoms with van der Waals surface area (Å²) in [6.07, 6.45) is -2.85. The predicted molar refractivity (Wildman–Crippen MR) is 77.7 cm³/mol. The zero-order chi connectivity index (χ0) is 17.5. The van der Waals surface area contributed by atoms with E-state index in [2.05, 4.69) is 4.74 Å². The lowest BCUT2D eigenvalue weighted by atomic mass is 9.90. The molecular formula is C12H12Cl3NO7. The Morgan fingerprint density at radius 2 is 2.04 bits per heavy atom. The lowest BCUT2D eigenvalue weighted by Gasteiger charge is -2.42. The maximum atomic E-state index is 12.1. The minimum Gasteiger partial charge on any atom is -0.476 e. The lowest BCUT2D eigenvalue weighted by molar-refractivity contribution is -0.183. The minimum absolute atomic E-state index is 0.115. The molecule has 3 atom stereocenters. The highest BCUT2D eigenvalue weighted by atomic mass is 35.6. The van der Waals surface area contributed by atoms with Crippen molar-refractivity contribution in [1.29, 1.82) is 0 Å². The number of aliphatic carboxylic acids is 1. The van der Waals surface area contributed by atoms with Gasteiger partial charge in [-0.1, -0.05) is 34.8 Å². The standard InChI is InChI=1S/C12H12Cl3NO7/c1-4(23-11(20)21-3-12(13,14)15)6-8(17)16-7(10(18)19)5(2)22-9(6)16/h4,6,9H,3H2,1-2H3,(H,18,19)/t4?,6-,9-/m1/s1. The SMILES string of the molecule is CC1=C(C(=O)O)N2C(=O)[C@@H](C(C)OC(=O)OCC(Cl)(Cl)Cl)[C@H]2O1. The van der Waals surface area contributed by atoms with E-state index in [4.69, 9.17) is 49.4 Å². The van der Waals surface area contributed by atoms with E-state index in [0.29, 0.717) is 0 Å². The smallest absolute Gasteiger partial charge is 0.476 e. The molecule has 1 amide bonds. The van der Waals surface area contributed by atoms with Gasteiger partial charge in [0.05, 0.1) is 0 Å². The molecule has 0 radical (unpaired) electrons. The summed E-state index contributed by atoms with van der Waals surface area (Å²) in [5, 5.41) is 9.07. The molecular weight excluding hydrogens is 376 g/mol. The van der Waals surface area contributed by atoms with Crippen molar-refractivity contribution in [2.24, 2.45) is 5.92 Å². The van der Waals surface area contributed by atoms with Gasteiger partial charge in [0, 0.05) is 0 Å². The number of allylic oxidation sites excluding steroid dienone is 1. The maximum Gasteiger partial charge on any atom is 0.508 e. The van der Waals surface area contributed by atoms with Crippen molar-refractivity contribution in [3.63, 3.8) is 0 Å². The number of hydrogen-bond donors (Lipinski definition) is 1. The molecule has 0 aliphatic carbocycles. The fourth-order valence-electron chi connectivity index (χ4n) is 2.34. The zero-order valence-corrected chi connectivity index (χ0v) is 14.2. The Bertz CT molecular complexity index is 586. The van der Waals surface area contributed by atoms with Gasteiger partial charge in [-0.15, -0.1) is 0 Å². The summed E-state index contributed by atoms with van der Waals surface area (Å²) in [4.78, 5) is 35.7. The number of halogens is 3. The van der Waals surface area contributed by atoms with Gasteiger partial charge in [-0.25, -0.2) is 9.59 Å². The quantitative estimate of drug-likeness (QED) is 0.446. The molecule has 2 heterocycles. The monoisotopic (exact) mass is 387 g/mol. The number of hydrogen-bond acceptors (Lipinski definition) is 6. The van der Waals surface area contributed by atoms with Crippen molar-refractivity contribution < 1.29 is 33.7 Å². The Balaban J connectivity index is 1.94. The van der Waals surface area contributed by atoms with Crippen LogP contribution in [0, 0.1) is 5.92 Å². The number of fused-ring (bicyclic) bond motifs is 1. The fourth-order valence-corrected chi connectivity index (χ4v) is 2.51. The molecule has 0 aromatic heterocycles. The summed E-state index contributed by atoms with van der Waals surface area (Å²) in [6, 6.07) is 0. The van der Waals surface area contributed by atoms with Crippen LogP contribution in [0.3, 0.4) is 0 Å². The first kappa shape index (κ1) is 18.0. The molecule has 2 aliphatic rings. The average Bonchev–Trinajstić information content (AvgIpc) is 2.69. The molecule has 0 aromatic carbocycles. The summed E-state index contributed by atoms with van der Waals surface area (Å²) in [5.74, 6) is -2.52. The second-order valence-electron chi connectivity index (χ2n) is 4.93. The van der Waals surface area contributed by atoms with Crippen LogP contribution < -0.4 is 0 Å². The van der Waals surface area contributed by atoms with Gasteiger partial charge in [-0.2, -0.15) is 0 Å². The van der Waals surface area contributed by atoms with E-state index in [-0.39, 0.29) is 11.5 Å². The van der Waals surface area contributed by atoms with Crippen LogP contribution in [0.4, 0.5) is 4.79 Å². The number of β-lactam (4-membered cyclic amide) rings is 1. The van der Waals surface area contributed by atoms with Gasteiger partial charge < -0.3 is 19.3 Å². The molecule has 0 aromatic rings. The van der Waals surface area contributed by atoms with Crippen LogP contribution >= 0.6 is 34.8 Å². The molecule has 0 spiro atoms. The Morgan fingerprint density at radius 3 is 2.57 bits per heavy atom. The van der Waals surface area contributed by atoms with Crippen LogP contribution in [0.5, 0.6) is 0 Å². The van der Waals surface area contributed by atoms with Crippen molar-refractivity contribution in [2.45, 2.75) is 30.0 Å². The molecule has 1 unspecified atom stereocenters. The number of amides is 1. The average molecular weight is 389 g/mol. The highest BCUT2D eigenvalue weighted by Gasteiger charge is 2.59. The third kappa shape index (κ3) is 3.59. The molecule has 11 heteroatoms. The van der Waals surface area contributed by atoms with Crippen LogP contribution in [0.25, 0.3) is 0 Å². The highest BCUT2D eigenvalue weighted by molar-refractivity contribution is 6.67. The van der Waals surface area contributed by atoms with Gasteiger partial charge in [0.25, 0.3) is 0 Å². The first-order chi connectivity index (χ1) is 10.5. The number of nitrogens with zero attached hydrogens (tertiary/aromatic N) is 1. The summed E-state index contributed by atoms with van der Waals surface area (Å²) >= 11 is 16.3. The summed E-state index contributed by atoms with van der Waals surface area (Å²) in [7, 11) is 0. The maximum absolute atomic E-state index is 12.1. The normalized spacial score (nSPS) is 24.6. The van der Waals surface area contributed by atoms with Crippen LogP contribution in [-0.4, -0.2) is 50.8 Å². The molecule has 0 bridgehead atoms. The number of carbonyl (C=O) groups is 3. The first-order valence-electron chi connectivity index (χ1n) is 6.37. The van der Waals surface area contributed by atoms with E-state index in [9.17, 15) is 14.4 Å². The summed E-state index contributed by atoms with van der Waals surface area (Å²) in [6.45, 7) is 2.37. The van der Waals surface area contributed by atoms with Crippen molar-refractivity contribution in [3.8, 4) is 0 Å². The van der Waals surface area contributed by atoms with Crippen LogP contribution in [0.15, 0.2) is 11.5 Å². The van der Waals surface area contributed by atoms with Crippen LogP contribution in [-0.2, 0) is 23.8 Å². The topological polar surface area (TPSA) is 102 Å². The molecule has 8 nitrogen and oxygen atoms in total. The minimum atomic E-state index is -1.78.